The number of hydrogen-bond acceptors (Lipinski definition) is 6. The fourth-order valence-electron chi connectivity index (χ4n) is 4.30. The van der Waals surface area contributed by atoms with Gasteiger partial charge in [0.25, 0.3) is 15.9 Å². The number of amides is 1. The van der Waals surface area contributed by atoms with Crippen LogP contribution in [0.4, 0.5) is 11.4 Å². The molecule has 1 heterocycles. The van der Waals surface area contributed by atoms with E-state index in [0.29, 0.717) is 35.5 Å². The lowest BCUT2D eigenvalue weighted by molar-refractivity contribution is 0.102. The molecule has 0 aliphatic carbocycles. The molecule has 4 rings (SSSR count). The Morgan fingerprint density at radius 1 is 0.950 bits per heavy atom. The van der Waals surface area contributed by atoms with E-state index in [9.17, 15) is 21.6 Å². The number of carbonyl (C=O) groups is 1. The Kier molecular flexibility index (Phi) is 9.46. The Labute approximate surface area is 248 Å². The van der Waals surface area contributed by atoms with E-state index < -0.39 is 26.0 Å². The van der Waals surface area contributed by atoms with Crippen LogP contribution in [0.15, 0.2) is 68.9 Å². The largest absolute Gasteiger partial charge is 0.493 e. The van der Waals surface area contributed by atoms with E-state index in [1.54, 1.807) is 31.2 Å². The van der Waals surface area contributed by atoms with Gasteiger partial charge in [0.05, 0.1) is 26.7 Å². The molecule has 1 amide bonds. The summed E-state index contributed by atoms with van der Waals surface area (Å²) in [5.74, 6) is -0.0275. The molecule has 214 valence electrons. The number of anilines is 2. The van der Waals surface area contributed by atoms with Crippen LogP contribution in [0.1, 0.15) is 42.1 Å². The van der Waals surface area contributed by atoms with Gasteiger partial charge in [-0.25, -0.2) is 16.8 Å². The van der Waals surface area contributed by atoms with E-state index >= 15 is 0 Å². The molecule has 0 bridgehead atoms. The van der Waals surface area contributed by atoms with Crippen LogP contribution in [0, 0.1) is 6.92 Å². The van der Waals surface area contributed by atoms with Crippen LogP contribution in [0.5, 0.6) is 5.75 Å². The lowest BCUT2D eigenvalue weighted by atomic mass is 10.1. The van der Waals surface area contributed by atoms with Crippen molar-refractivity contribution in [1.82, 2.24) is 4.31 Å². The molecular formula is C27H29BrClN3O6S2. The highest BCUT2D eigenvalue weighted by atomic mass is 79.9. The van der Waals surface area contributed by atoms with Crippen molar-refractivity contribution in [2.24, 2.45) is 0 Å². The average molecular weight is 671 g/mol. The van der Waals surface area contributed by atoms with Crippen LogP contribution >= 0.6 is 27.5 Å². The molecule has 0 saturated carbocycles. The number of hydrogen-bond donors (Lipinski definition) is 2. The predicted molar refractivity (Wildman–Crippen MR) is 159 cm³/mol. The lowest BCUT2D eigenvalue weighted by Crippen LogP contribution is -2.36. The molecule has 13 heteroatoms. The molecule has 1 aliphatic heterocycles. The standard InChI is InChI=1S/C27H29BrClN3O6S2/c1-3-38-24-12-10-21(16-22(24)28)31-39(34,35)26-17-20(9-11-23(26)29)30-27(33)19-8-7-18(2)25(15-19)40(36,37)32-13-5-4-6-14-32/h7-12,15-17,31H,3-6,13-14H2,1-2H3,(H,30,33). The normalized spacial score (nSPS) is 14.5. The maximum absolute atomic E-state index is 13.3. The molecule has 1 saturated heterocycles. The van der Waals surface area contributed by atoms with E-state index in [2.05, 4.69) is 26.0 Å². The zero-order valence-electron chi connectivity index (χ0n) is 21.9. The molecule has 3 aromatic carbocycles. The predicted octanol–water partition coefficient (Wildman–Crippen LogP) is 6.04. The maximum atomic E-state index is 13.3. The topological polar surface area (TPSA) is 122 Å². The number of nitrogens with one attached hydrogen (secondary N) is 2. The van der Waals surface area contributed by atoms with Gasteiger partial charge in [-0.05, 0) is 96.7 Å². The van der Waals surface area contributed by atoms with Crippen LogP contribution in [0.3, 0.4) is 0 Å². The number of nitrogens with zero attached hydrogens (tertiary/aromatic N) is 1. The zero-order valence-corrected chi connectivity index (χ0v) is 25.9. The van der Waals surface area contributed by atoms with Crippen molar-refractivity contribution in [1.29, 1.82) is 0 Å². The fourth-order valence-corrected chi connectivity index (χ4v) is 8.14. The number of carbonyl (C=O) groups excluding carboxylic acids is 1. The summed E-state index contributed by atoms with van der Waals surface area (Å²) >= 11 is 9.59. The second-order valence-corrected chi connectivity index (χ2v) is 14.0. The second-order valence-electron chi connectivity index (χ2n) is 9.23. The number of aryl methyl sites for hydroxylation is 1. The molecule has 3 aromatic rings. The minimum absolute atomic E-state index is 0.0410. The van der Waals surface area contributed by atoms with E-state index in [-0.39, 0.29) is 31.8 Å². The first-order valence-electron chi connectivity index (χ1n) is 12.6. The van der Waals surface area contributed by atoms with Crippen molar-refractivity contribution in [3.63, 3.8) is 0 Å². The second kappa shape index (κ2) is 12.5. The number of piperidine rings is 1. The summed E-state index contributed by atoms with van der Waals surface area (Å²) in [4.78, 5) is 12.9. The highest BCUT2D eigenvalue weighted by Gasteiger charge is 2.28. The monoisotopic (exact) mass is 669 g/mol. The van der Waals surface area contributed by atoms with Gasteiger partial charge in [0, 0.05) is 24.3 Å². The van der Waals surface area contributed by atoms with Crippen LogP contribution in [-0.2, 0) is 20.0 Å². The first-order chi connectivity index (χ1) is 18.9. The Morgan fingerprint density at radius 3 is 2.33 bits per heavy atom. The third-order valence-electron chi connectivity index (χ3n) is 6.35. The molecule has 0 aromatic heterocycles. The van der Waals surface area contributed by atoms with Crippen molar-refractivity contribution in [2.75, 3.05) is 29.7 Å². The van der Waals surface area contributed by atoms with Gasteiger partial charge in [0.2, 0.25) is 10.0 Å². The van der Waals surface area contributed by atoms with E-state index in [4.69, 9.17) is 16.3 Å². The summed E-state index contributed by atoms with van der Waals surface area (Å²) in [6.07, 6.45) is 2.58. The van der Waals surface area contributed by atoms with Gasteiger partial charge in [-0.3, -0.25) is 9.52 Å². The zero-order chi connectivity index (χ0) is 29.1. The minimum atomic E-state index is -4.13. The number of sulfonamides is 2. The summed E-state index contributed by atoms with van der Waals surface area (Å²) in [5, 5.41) is 2.61. The summed E-state index contributed by atoms with van der Waals surface area (Å²) in [7, 11) is -7.89. The first kappa shape index (κ1) is 30.3. The molecule has 2 N–H and O–H groups in total. The molecule has 0 spiro atoms. The van der Waals surface area contributed by atoms with Gasteiger partial charge >= 0.3 is 0 Å². The summed E-state index contributed by atoms with van der Waals surface area (Å²) < 4.78 is 62.8. The molecule has 40 heavy (non-hydrogen) atoms. The SMILES string of the molecule is CCOc1ccc(NS(=O)(=O)c2cc(NC(=O)c3ccc(C)c(S(=O)(=O)N4CCCCC4)c3)ccc2Cl)cc1Br. The van der Waals surface area contributed by atoms with Gasteiger partial charge in [-0.15, -0.1) is 0 Å². The molecular weight excluding hydrogens is 642 g/mol. The van der Waals surface area contributed by atoms with E-state index in [1.807, 2.05) is 6.92 Å². The number of halogens is 2. The Hall–Kier alpha value is -2.64. The smallest absolute Gasteiger partial charge is 0.263 e. The first-order valence-corrected chi connectivity index (χ1v) is 16.7. The lowest BCUT2D eigenvalue weighted by Gasteiger charge is -2.26. The Morgan fingerprint density at radius 2 is 1.65 bits per heavy atom. The van der Waals surface area contributed by atoms with Crippen molar-refractivity contribution < 1.29 is 26.4 Å². The van der Waals surface area contributed by atoms with Gasteiger partial charge in [0.1, 0.15) is 10.6 Å². The van der Waals surface area contributed by atoms with Gasteiger partial charge in [0.15, 0.2) is 0 Å². The maximum Gasteiger partial charge on any atom is 0.263 e. The Balaban J connectivity index is 1.56. The third kappa shape index (κ3) is 6.80. The van der Waals surface area contributed by atoms with Crippen molar-refractivity contribution in [3.8, 4) is 5.75 Å². The van der Waals surface area contributed by atoms with Crippen molar-refractivity contribution in [3.05, 3.63) is 75.2 Å². The molecule has 0 radical (unpaired) electrons. The summed E-state index contributed by atoms with van der Waals surface area (Å²) in [5.41, 5.74) is 1.11. The van der Waals surface area contributed by atoms with Crippen LogP contribution < -0.4 is 14.8 Å². The summed E-state index contributed by atoms with van der Waals surface area (Å²) in [6.45, 7) is 4.87. The number of benzene rings is 3. The van der Waals surface area contributed by atoms with Crippen LogP contribution in [0.2, 0.25) is 5.02 Å². The highest BCUT2D eigenvalue weighted by Crippen LogP contribution is 2.32. The Bertz CT molecular complexity index is 1640. The summed E-state index contributed by atoms with van der Waals surface area (Å²) in [6, 6.07) is 13.3. The third-order valence-corrected chi connectivity index (χ3v) is 10.9. The van der Waals surface area contributed by atoms with Gasteiger partial charge in [-0.1, -0.05) is 24.1 Å². The molecule has 1 aliphatic rings. The minimum Gasteiger partial charge on any atom is -0.493 e. The highest BCUT2D eigenvalue weighted by molar-refractivity contribution is 9.10. The van der Waals surface area contributed by atoms with Gasteiger partial charge in [-0.2, -0.15) is 4.31 Å². The van der Waals surface area contributed by atoms with Crippen molar-refractivity contribution in [2.45, 2.75) is 42.9 Å². The van der Waals surface area contributed by atoms with Crippen LogP contribution in [0.25, 0.3) is 0 Å². The van der Waals surface area contributed by atoms with Gasteiger partial charge < -0.3 is 10.1 Å². The van der Waals surface area contributed by atoms with Crippen LogP contribution in [-0.4, -0.2) is 46.7 Å². The average Bonchev–Trinajstić information content (AvgIpc) is 2.91. The van der Waals surface area contributed by atoms with E-state index in [0.717, 1.165) is 19.3 Å². The number of ether oxygens (including phenoxy) is 1. The quantitative estimate of drug-likeness (QED) is 0.287. The molecule has 0 unspecified atom stereocenters. The molecule has 0 atom stereocenters. The van der Waals surface area contributed by atoms with E-state index in [1.165, 1.54) is 34.6 Å². The molecule has 1 fully saturated rings. The number of rotatable bonds is 9. The van der Waals surface area contributed by atoms with Crippen molar-refractivity contribution >= 4 is 64.9 Å². The molecule has 9 nitrogen and oxygen atoms in total. The fraction of sp³-hybridized carbons (Fsp3) is 0.296.